The van der Waals surface area contributed by atoms with Crippen molar-refractivity contribution < 1.29 is 0 Å². The quantitative estimate of drug-likeness (QED) is 0.662. The first-order valence-corrected chi connectivity index (χ1v) is 11.2. The van der Waals surface area contributed by atoms with Crippen molar-refractivity contribution in [1.82, 2.24) is 20.2 Å². The lowest BCUT2D eigenvalue weighted by Crippen LogP contribution is -2.58. The van der Waals surface area contributed by atoms with Crippen LogP contribution in [0.3, 0.4) is 0 Å². The van der Waals surface area contributed by atoms with Gasteiger partial charge < -0.3 is 21.3 Å². The molecule has 2 aromatic rings. The normalized spacial score (nSPS) is 28.2. The average Bonchev–Trinajstić information content (AvgIpc) is 2.72. The van der Waals surface area contributed by atoms with E-state index in [1.807, 2.05) is 24.4 Å². The number of benzene rings is 1. The van der Waals surface area contributed by atoms with Gasteiger partial charge >= 0.3 is 5.69 Å². The van der Waals surface area contributed by atoms with Crippen LogP contribution in [-0.4, -0.2) is 54.4 Å². The Morgan fingerprint density at radius 1 is 1.10 bits per heavy atom. The first-order chi connectivity index (χ1) is 14.6. The Hall–Kier alpha value is -2.22. The average molecular weight is 409 g/mol. The van der Waals surface area contributed by atoms with Gasteiger partial charge in [0, 0.05) is 44.5 Å². The Kier molecular flexibility index (Phi) is 5.35. The van der Waals surface area contributed by atoms with Crippen molar-refractivity contribution >= 4 is 5.82 Å². The third kappa shape index (κ3) is 4.02. The van der Waals surface area contributed by atoms with Gasteiger partial charge in [-0.25, -0.2) is 4.79 Å². The van der Waals surface area contributed by atoms with E-state index in [1.54, 1.807) is 4.57 Å². The SMILES string of the molecule is NC1CC2(C1)CC(NCCc1ccc(-n3ccc(N4CCNCC4)nc3=O)cc1)C2. The molecule has 2 aliphatic carbocycles. The zero-order chi connectivity index (χ0) is 20.6. The molecule has 0 bridgehead atoms. The highest BCUT2D eigenvalue weighted by Gasteiger charge is 2.51. The van der Waals surface area contributed by atoms with Crippen LogP contribution in [0, 0.1) is 5.41 Å². The Morgan fingerprint density at radius 3 is 2.50 bits per heavy atom. The molecule has 30 heavy (non-hydrogen) atoms. The lowest BCUT2D eigenvalue weighted by molar-refractivity contribution is -0.0176. The van der Waals surface area contributed by atoms with Crippen molar-refractivity contribution in [3.8, 4) is 5.69 Å². The van der Waals surface area contributed by atoms with Crippen LogP contribution < -0.4 is 27.0 Å². The molecule has 1 spiro atoms. The number of hydrogen-bond acceptors (Lipinski definition) is 6. The molecule has 0 amide bonds. The fraction of sp³-hybridized carbons (Fsp3) is 0.565. The Morgan fingerprint density at radius 2 is 1.83 bits per heavy atom. The van der Waals surface area contributed by atoms with Crippen LogP contribution in [0.1, 0.15) is 31.2 Å². The third-order valence-electron chi connectivity index (χ3n) is 7.04. The van der Waals surface area contributed by atoms with Gasteiger partial charge in [-0.15, -0.1) is 0 Å². The largest absolute Gasteiger partial charge is 0.354 e. The van der Waals surface area contributed by atoms with Gasteiger partial charge in [-0.05, 0) is 67.8 Å². The van der Waals surface area contributed by atoms with Crippen molar-refractivity contribution in [3.63, 3.8) is 0 Å². The molecule has 0 atom stereocenters. The third-order valence-corrected chi connectivity index (χ3v) is 7.04. The minimum atomic E-state index is -0.227. The summed E-state index contributed by atoms with van der Waals surface area (Å²) < 4.78 is 1.62. The summed E-state index contributed by atoms with van der Waals surface area (Å²) in [5, 5.41) is 7.00. The van der Waals surface area contributed by atoms with Crippen molar-refractivity contribution in [2.75, 3.05) is 37.6 Å². The van der Waals surface area contributed by atoms with E-state index in [0.717, 1.165) is 50.6 Å². The lowest BCUT2D eigenvalue weighted by Gasteiger charge is -2.57. The highest BCUT2D eigenvalue weighted by molar-refractivity contribution is 5.40. The summed E-state index contributed by atoms with van der Waals surface area (Å²) in [6.45, 7) is 4.61. The van der Waals surface area contributed by atoms with Gasteiger partial charge in [-0.1, -0.05) is 12.1 Å². The molecule has 0 radical (unpaired) electrons. The summed E-state index contributed by atoms with van der Waals surface area (Å²) in [7, 11) is 0. The van der Waals surface area contributed by atoms with Crippen LogP contribution in [0.15, 0.2) is 41.3 Å². The van der Waals surface area contributed by atoms with E-state index in [4.69, 9.17) is 5.73 Å². The van der Waals surface area contributed by atoms with E-state index in [2.05, 4.69) is 32.7 Å². The summed E-state index contributed by atoms with van der Waals surface area (Å²) in [5.41, 5.74) is 8.44. The molecule has 160 valence electrons. The van der Waals surface area contributed by atoms with Crippen molar-refractivity contribution in [2.24, 2.45) is 11.1 Å². The molecular weight excluding hydrogens is 376 g/mol. The number of rotatable bonds is 6. The van der Waals surface area contributed by atoms with Crippen LogP contribution in [0.4, 0.5) is 5.82 Å². The van der Waals surface area contributed by atoms with Crippen LogP contribution in [-0.2, 0) is 6.42 Å². The molecule has 7 nitrogen and oxygen atoms in total. The lowest BCUT2D eigenvalue weighted by atomic mass is 9.52. The molecule has 0 unspecified atom stereocenters. The standard InChI is InChI=1S/C23H32N6O/c24-18-13-23(14-18)15-19(16-23)26-7-5-17-1-3-20(4-2-17)29-10-6-21(27-22(29)30)28-11-8-25-9-12-28/h1-4,6,10,18-19,25-26H,5,7-9,11-16,24H2. The summed E-state index contributed by atoms with van der Waals surface area (Å²) in [4.78, 5) is 19.0. The summed E-state index contributed by atoms with van der Waals surface area (Å²) in [5.74, 6) is 0.766. The maximum absolute atomic E-state index is 12.5. The van der Waals surface area contributed by atoms with Gasteiger partial charge in [-0.2, -0.15) is 4.98 Å². The zero-order valence-electron chi connectivity index (χ0n) is 17.5. The number of aromatic nitrogens is 2. The molecule has 5 rings (SSSR count). The van der Waals surface area contributed by atoms with E-state index in [-0.39, 0.29) is 5.69 Å². The maximum atomic E-state index is 12.5. The number of hydrogen-bond donors (Lipinski definition) is 3. The summed E-state index contributed by atoms with van der Waals surface area (Å²) in [6, 6.07) is 11.3. The fourth-order valence-corrected chi connectivity index (χ4v) is 5.42. The Bertz CT molecular complexity index is 919. The fourth-order valence-electron chi connectivity index (χ4n) is 5.42. The minimum Gasteiger partial charge on any atom is -0.354 e. The Balaban J connectivity index is 1.14. The second kappa shape index (κ2) is 8.13. The van der Waals surface area contributed by atoms with Crippen LogP contribution in [0.5, 0.6) is 0 Å². The molecule has 7 heteroatoms. The molecule has 2 saturated carbocycles. The first-order valence-electron chi connectivity index (χ1n) is 11.2. The van der Waals surface area contributed by atoms with E-state index < -0.39 is 0 Å². The highest BCUT2D eigenvalue weighted by Crippen LogP contribution is 2.55. The van der Waals surface area contributed by atoms with Crippen LogP contribution in [0.2, 0.25) is 0 Å². The summed E-state index contributed by atoms with van der Waals surface area (Å²) >= 11 is 0. The Labute approximate surface area is 177 Å². The second-order valence-electron chi connectivity index (χ2n) is 9.32. The molecule has 1 aromatic carbocycles. The second-order valence-corrected chi connectivity index (χ2v) is 9.32. The number of nitrogens with two attached hydrogens (primary N) is 1. The monoisotopic (exact) mass is 408 g/mol. The van der Waals surface area contributed by atoms with E-state index in [0.29, 0.717) is 17.5 Å². The molecule has 2 heterocycles. The molecule has 1 saturated heterocycles. The topological polar surface area (TPSA) is 88.2 Å². The van der Waals surface area contributed by atoms with Gasteiger partial charge in [0.05, 0.1) is 5.69 Å². The first kappa shape index (κ1) is 19.7. The smallest absolute Gasteiger partial charge is 0.354 e. The number of nitrogens with one attached hydrogen (secondary N) is 2. The molecular formula is C23H32N6O. The predicted octanol–water partition coefficient (Wildman–Crippen LogP) is 1.04. The summed E-state index contributed by atoms with van der Waals surface area (Å²) in [6.07, 6.45) is 7.85. The highest BCUT2D eigenvalue weighted by atomic mass is 16.1. The van der Waals surface area contributed by atoms with Crippen LogP contribution in [0.25, 0.3) is 5.69 Å². The van der Waals surface area contributed by atoms with Crippen molar-refractivity contribution in [1.29, 1.82) is 0 Å². The minimum absolute atomic E-state index is 0.227. The van der Waals surface area contributed by atoms with Gasteiger partial charge in [0.25, 0.3) is 0 Å². The molecule has 4 N–H and O–H groups in total. The predicted molar refractivity (Wildman–Crippen MR) is 119 cm³/mol. The maximum Gasteiger partial charge on any atom is 0.354 e. The van der Waals surface area contributed by atoms with Gasteiger partial charge in [0.1, 0.15) is 5.82 Å². The number of piperazine rings is 1. The van der Waals surface area contributed by atoms with Crippen molar-refractivity contribution in [3.05, 3.63) is 52.6 Å². The number of anilines is 1. The zero-order valence-corrected chi connectivity index (χ0v) is 17.5. The number of nitrogens with zero attached hydrogens (tertiary/aromatic N) is 3. The van der Waals surface area contributed by atoms with E-state index in [9.17, 15) is 4.79 Å². The van der Waals surface area contributed by atoms with E-state index in [1.165, 1.54) is 31.2 Å². The molecule has 3 fully saturated rings. The van der Waals surface area contributed by atoms with Gasteiger partial charge in [0.2, 0.25) is 0 Å². The van der Waals surface area contributed by atoms with E-state index >= 15 is 0 Å². The van der Waals surface area contributed by atoms with Crippen molar-refractivity contribution in [2.45, 2.75) is 44.2 Å². The van der Waals surface area contributed by atoms with Gasteiger partial charge in [-0.3, -0.25) is 4.57 Å². The van der Waals surface area contributed by atoms with Crippen LogP contribution >= 0.6 is 0 Å². The van der Waals surface area contributed by atoms with Gasteiger partial charge in [0.15, 0.2) is 0 Å². The molecule has 1 aromatic heterocycles. The molecule has 1 aliphatic heterocycles. The molecule has 3 aliphatic rings.